The second kappa shape index (κ2) is 6.28. The van der Waals surface area contributed by atoms with E-state index in [9.17, 15) is 22.4 Å². The largest absolute Gasteiger partial charge is 0.450 e. The van der Waals surface area contributed by atoms with Crippen LogP contribution in [0.3, 0.4) is 0 Å². The quantitative estimate of drug-likeness (QED) is 0.888. The number of carbonyl (C=O) groups excluding carboxylic acids is 2. The molecule has 1 rings (SSSR count). The Labute approximate surface area is 109 Å². The average molecular weight is 289 g/mol. The maximum Gasteiger partial charge on any atom is 0.413 e. The lowest BCUT2D eigenvalue weighted by atomic mass is 10.3. The molecule has 0 unspecified atom stereocenters. The highest BCUT2D eigenvalue weighted by atomic mass is 32.2. The smallest absolute Gasteiger partial charge is 0.413 e. The fourth-order valence-electron chi connectivity index (χ4n) is 1.26. The number of ether oxygens (including phenoxy) is 1. The van der Waals surface area contributed by atoms with Crippen molar-refractivity contribution in [3.8, 4) is 0 Å². The van der Waals surface area contributed by atoms with Crippen LogP contribution in [0.2, 0.25) is 0 Å². The van der Waals surface area contributed by atoms with Gasteiger partial charge in [-0.1, -0.05) is 12.1 Å². The van der Waals surface area contributed by atoms with Crippen molar-refractivity contribution < 1.29 is 27.1 Å². The molecule has 0 aromatic heterocycles. The normalized spacial score (nSPS) is 10.8. The predicted octanol–water partition coefficient (Wildman–Crippen LogP) is 0.872. The van der Waals surface area contributed by atoms with Gasteiger partial charge in [0.2, 0.25) is 5.91 Å². The Bertz CT molecular complexity index is 585. The van der Waals surface area contributed by atoms with E-state index in [0.717, 1.165) is 12.1 Å². The van der Waals surface area contributed by atoms with Gasteiger partial charge < -0.3 is 4.74 Å². The lowest BCUT2D eigenvalue weighted by molar-refractivity contribution is -0.118. The Morgan fingerprint density at radius 1 is 1.32 bits per heavy atom. The molecule has 0 spiro atoms. The molecule has 2 amide bonds. The fourth-order valence-corrected chi connectivity index (χ4v) is 2.49. The summed E-state index contributed by atoms with van der Waals surface area (Å²) in [4.78, 5) is 21.6. The lowest BCUT2D eigenvalue weighted by Crippen LogP contribution is -2.35. The molecule has 0 aliphatic heterocycles. The van der Waals surface area contributed by atoms with Crippen molar-refractivity contribution in [2.75, 3.05) is 12.4 Å². The van der Waals surface area contributed by atoms with Gasteiger partial charge in [0.25, 0.3) is 0 Å². The fraction of sp³-hybridized carbons (Fsp3) is 0.273. The van der Waals surface area contributed by atoms with Crippen LogP contribution in [0.5, 0.6) is 0 Å². The number of hydrogen-bond acceptors (Lipinski definition) is 5. The Morgan fingerprint density at radius 3 is 2.53 bits per heavy atom. The van der Waals surface area contributed by atoms with Crippen molar-refractivity contribution in [1.82, 2.24) is 5.32 Å². The van der Waals surface area contributed by atoms with Crippen LogP contribution < -0.4 is 5.32 Å². The summed E-state index contributed by atoms with van der Waals surface area (Å²) in [6, 6.07) is 4.67. The second-order valence-electron chi connectivity index (χ2n) is 3.46. The first-order chi connectivity index (χ1) is 8.86. The summed E-state index contributed by atoms with van der Waals surface area (Å²) >= 11 is 0. The summed E-state index contributed by atoms with van der Waals surface area (Å²) in [6.45, 7) is 1.57. The van der Waals surface area contributed by atoms with Gasteiger partial charge in [0.05, 0.1) is 6.61 Å². The zero-order valence-electron chi connectivity index (χ0n) is 10.1. The van der Waals surface area contributed by atoms with Crippen molar-refractivity contribution in [2.45, 2.75) is 11.8 Å². The summed E-state index contributed by atoms with van der Waals surface area (Å²) < 4.78 is 41.2. The molecule has 1 aromatic carbocycles. The Kier molecular flexibility index (Phi) is 4.99. The first-order valence-electron chi connectivity index (χ1n) is 5.30. The lowest BCUT2D eigenvalue weighted by Gasteiger charge is -2.06. The number of halogens is 1. The van der Waals surface area contributed by atoms with Gasteiger partial charge in [-0.05, 0) is 19.1 Å². The zero-order valence-corrected chi connectivity index (χ0v) is 10.9. The van der Waals surface area contributed by atoms with Gasteiger partial charge in [-0.3, -0.25) is 10.1 Å². The van der Waals surface area contributed by atoms with Crippen molar-refractivity contribution in [2.24, 2.45) is 0 Å². The minimum absolute atomic E-state index is 0.0408. The molecule has 8 heteroatoms. The number of carbonyl (C=O) groups is 2. The molecule has 0 saturated heterocycles. The van der Waals surface area contributed by atoms with Crippen molar-refractivity contribution in [3.63, 3.8) is 0 Å². The molecule has 104 valence electrons. The van der Waals surface area contributed by atoms with Crippen LogP contribution in [0.15, 0.2) is 29.2 Å². The molecular weight excluding hydrogens is 277 g/mol. The van der Waals surface area contributed by atoms with Crippen LogP contribution in [0.25, 0.3) is 0 Å². The maximum absolute atomic E-state index is 13.3. The highest BCUT2D eigenvalue weighted by Crippen LogP contribution is 2.14. The van der Waals surface area contributed by atoms with Gasteiger partial charge in [0, 0.05) is 0 Å². The van der Waals surface area contributed by atoms with Crippen LogP contribution in [0.1, 0.15) is 6.92 Å². The van der Waals surface area contributed by atoms with E-state index in [-0.39, 0.29) is 6.61 Å². The number of nitrogens with one attached hydrogen (secondary N) is 1. The number of benzene rings is 1. The van der Waals surface area contributed by atoms with Gasteiger partial charge in [0.1, 0.15) is 16.5 Å². The molecule has 0 atom stereocenters. The van der Waals surface area contributed by atoms with Crippen molar-refractivity contribution in [3.05, 3.63) is 30.1 Å². The molecule has 0 aliphatic carbocycles. The van der Waals surface area contributed by atoms with Crippen molar-refractivity contribution >= 4 is 21.8 Å². The molecule has 6 nitrogen and oxygen atoms in total. The number of sulfone groups is 1. The SMILES string of the molecule is CCOC(=O)NC(=O)CS(=O)(=O)c1ccccc1F. The van der Waals surface area contributed by atoms with Gasteiger partial charge >= 0.3 is 6.09 Å². The van der Waals surface area contributed by atoms with E-state index in [1.165, 1.54) is 19.1 Å². The molecule has 0 heterocycles. The van der Waals surface area contributed by atoms with Gasteiger partial charge in [-0.2, -0.15) is 0 Å². The van der Waals surface area contributed by atoms with E-state index in [0.29, 0.717) is 0 Å². The molecule has 1 aromatic rings. The van der Waals surface area contributed by atoms with E-state index < -0.39 is 38.3 Å². The van der Waals surface area contributed by atoms with Crippen LogP contribution in [-0.2, 0) is 19.4 Å². The standard InChI is InChI=1S/C11H12FNO5S/c1-2-18-11(15)13-10(14)7-19(16,17)9-6-4-3-5-8(9)12/h3-6H,2,7H2,1H3,(H,13,14,15). The van der Waals surface area contributed by atoms with Gasteiger partial charge in [0.15, 0.2) is 9.84 Å². The van der Waals surface area contributed by atoms with E-state index >= 15 is 0 Å². The summed E-state index contributed by atoms with van der Waals surface area (Å²) in [6.07, 6.45) is -1.05. The summed E-state index contributed by atoms with van der Waals surface area (Å²) in [7, 11) is -4.15. The molecule has 0 radical (unpaired) electrons. The number of imide groups is 1. The number of amides is 2. The molecule has 0 fully saturated rings. The minimum atomic E-state index is -4.15. The first kappa shape index (κ1) is 15.1. The molecule has 0 bridgehead atoms. The topological polar surface area (TPSA) is 89.5 Å². The van der Waals surface area contributed by atoms with Crippen LogP contribution in [-0.4, -0.2) is 32.8 Å². The monoisotopic (exact) mass is 289 g/mol. The van der Waals surface area contributed by atoms with Crippen LogP contribution >= 0.6 is 0 Å². The molecule has 0 aliphatic rings. The van der Waals surface area contributed by atoms with E-state index in [2.05, 4.69) is 4.74 Å². The number of hydrogen-bond donors (Lipinski definition) is 1. The number of rotatable bonds is 4. The third kappa shape index (κ3) is 4.32. The third-order valence-corrected chi connectivity index (χ3v) is 3.65. The minimum Gasteiger partial charge on any atom is -0.450 e. The summed E-state index contributed by atoms with van der Waals surface area (Å²) in [5, 5.41) is 1.72. The van der Waals surface area contributed by atoms with Crippen LogP contribution in [0.4, 0.5) is 9.18 Å². The molecule has 0 saturated carbocycles. The third-order valence-electron chi connectivity index (χ3n) is 2.01. The highest BCUT2D eigenvalue weighted by Gasteiger charge is 2.23. The predicted molar refractivity (Wildman–Crippen MR) is 63.6 cm³/mol. The summed E-state index contributed by atoms with van der Waals surface area (Å²) in [5.41, 5.74) is 0. The van der Waals surface area contributed by atoms with Gasteiger partial charge in [-0.15, -0.1) is 0 Å². The Balaban J connectivity index is 2.79. The first-order valence-corrected chi connectivity index (χ1v) is 6.96. The second-order valence-corrected chi connectivity index (χ2v) is 5.42. The Hall–Kier alpha value is -1.96. The van der Waals surface area contributed by atoms with Crippen molar-refractivity contribution in [1.29, 1.82) is 0 Å². The highest BCUT2D eigenvalue weighted by molar-refractivity contribution is 7.92. The Morgan fingerprint density at radius 2 is 1.95 bits per heavy atom. The van der Waals surface area contributed by atoms with Crippen LogP contribution in [0, 0.1) is 5.82 Å². The molecular formula is C11H12FNO5S. The van der Waals surface area contributed by atoms with E-state index in [1.807, 2.05) is 0 Å². The molecule has 1 N–H and O–H groups in total. The number of alkyl carbamates (subject to hydrolysis) is 1. The van der Waals surface area contributed by atoms with E-state index in [1.54, 1.807) is 5.32 Å². The van der Waals surface area contributed by atoms with E-state index in [4.69, 9.17) is 0 Å². The zero-order chi connectivity index (χ0) is 14.5. The average Bonchev–Trinajstić information content (AvgIpc) is 2.28. The molecule has 19 heavy (non-hydrogen) atoms. The summed E-state index contributed by atoms with van der Waals surface area (Å²) in [5.74, 6) is -3.07. The maximum atomic E-state index is 13.3. The van der Waals surface area contributed by atoms with Gasteiger partial charge in [-0.25, -0.2) is 17.6 Å².